The summed E-state index contributed by atoms with van der Waals surface area (Å²) in [5, 5.41) is 19.0. The van der Waals surface area contributed by atoms with Gasteiger partial charge in [-0.1, -0.05) is 48.0 Å². The van der Waals surface area contributed by atoms with E-state index in [0.717, 1.165) is 11.1 Å². The first kappa shape index (κ1) is 25.0. The van der Waals surface area contributed by atoms with Gasteiger partial charge in [0.1, 0.15) is 6.33 Å². The van der Waals surface area contributed by atoms with Gasteiger partial charge in [0, 0.05) is 22.9 Å². The van der Waals surface area contributed by atoms with Crippen LogP contribution in [0, 0.1) is 6.92 Å². The topological polar surface area (TPSA) is 120 Å². The number of aromatic nitrogens is 7. The molecule has 2 aromatic carbocycles. The van der Waals surface area contributed by atoms with Crippen molar-refractivity contribution in [2.24, 2.45) is 0 Å². The van der Waals surface area contributed by atoms with E-state index in [1.165, 1.54) is 17.1 Å². The number of amides is 1. The van der Waals surface area contributed by atoms with Crippen LogP contribution >= 0.6 is 11.6 Å². The minimum absolute atomic E-state index is 0.0139. The van der Waals surface area contributed by atoms with Gasteiger partial charge < -0.3 is 5.32 Å². The van der Waals surface area contributed by atoms with Crippen LogP contribution in [0.5, 0.6) is 0 Å². The summed E-state index contributed by atoms with van der Waals surface area (Å²) in [5.41, 5.74) is 3.89. The molecule has 0 aliphatic rings. The predicted octanol–water partition coefficient (Wildman–Crippen LogP) is 3.22. The quantitative estimate of drug-likeness (QED) is 0.293. The number of nitrogens with one attached hydrogen (secondary N) is 1. The van der Waals surface area contributed by atoms with E-state index in [1.54, 1.807) is 28.8 Å². The van der Waals surface area contributed by atoms with Crippen LogP contribution in [0.1, 0.15) is 22.5 Å². The summed E-state index contributed by atoms with van der Waals surface area (Å²) in [6.45, 7) is 1.96. The number of Topliss-reactive ketones (excluding diaryl/α,β-unsaturated/α-hetero) is 1. The number of aryl methyl sites for hydroxylation is 1. The molecule has 10 nitrogen and oxygen atoms in total. The fourth-order valence-electron chi connectivity index (χ4n) is 4.01. The molecule has 5 rings (SSSR count). The van der Waals surface area contributed by atoms with Crippen LogP contribution in [0.4, 0.5) is 0 Å². The Morgan fingerprint density at radius 3 is 2.74 bits per heavy atom. The van der Waals surface area contributed by atoms with E-state index in [-0.39, 0.29) is 12.2 Å². The monoisotopic (exact) mass is 526 g/mol. The Balaban J connectivity index is 1.35. The fraction of sp³-hybridized carbons (Fsp3) is 0.148. The lowest BCUT2D eigenvalue weighted by molar-refractivity contribution is -0.125. The van der Waals surface area contributed by atoms with Crippen molar-refractivity contribution in [2.75, 3.05) is 0 Å². The number of carbonyl (C=O) groups is 2. The minimum Gasteiger partial charge on any atom is -0.342 e. The Morgan fingerprint density at radius 2 is 1.95 bits per heavy atom. The lowest BCUT2D eigenvalue weighted by atomic mass is 10.00. The smallest absolute Gasteiger partial charge is 0.244 e. The van der Waals surface area contributed by atoms with Crippen molar-refractivity contribution in [3.05, 3.63) is 107 Å². The van der Waals surface area contributed by atoms with Gasteiger partial charge in [0.05, 0.1) is 18.2 Å². The Hall–Kier alpha value is -4.70. The number of nitrogens with zero attached hydrogens (tertiary/aromatic N) is 7. The summed E-state index contributed by atoms with van der Waals surface area (Å²) >= 11 is 6.17. The van der Waals surface area contributed by atoms with Gasteiger partial charge in [-0.2, -0.15) is 9.78 Å². The third-order valence-corrected chi connectivity index (χ3v) is 6.08. The Bertz CT molecular complexity index is 1610. The normalized spacial score (nSPS) is 12.2. The molecule has 5 aromatic rings. The van der Waals surface area contributed by atoms with Gasteiger partial charge in [0.15, 0.2) is 17.3 Å². The Kier molecular flexibility index (Phi) is 7.32. The van der Waals surface area contributed by atoms with Crippen LogP contribution in [-0.2, 0) is 22.4 Å². The lowest BCUT2D eigenvalue weighted by Crippen LogP contribution is -2.42. The summed E-state index contributed by atoms with van der Waals surface area (Å²) in [7, 11) is 0. The average Bonchev–Trinajstić information content (AvgIpc) is 3.57. The van der Waals surface area contributed by atoms with Crippen molar-refractivity contribution < 1.29 is 9.59 Å². The second kappa shape index (κ2) is 11.1. The molecule has 3 aromatic heterocycles. The number of halogens is 1. The Morgan fingerprint density at radius 1 is 1.11 bits per heavy atom. The van der Waals surface area contributed by atoms with E-state index in [0.29, 0.717) is 34.2 Å². The molecule has 190 valence electrons. The first-order chi connectivity index (χ1) is 18.4. The molecule has 0 bridgehead atoms. The van der Waals surface area contributed by atoms with Gasteiger partial charge in [-0.3, -0.25) is 9.59 Å². The van der Waals surface area contributed by atoms with Crippen molar-refractivity contribution in [1.82, 2.24) is 40.1 Å². The van der Waals surface area contributed by atoms with Gasteiger partial charge in [0.25, 0.3) is 0 Å². The third kappa shape index (κ3) is 5.98. The maximum atomic E-state index is 13.4. The van der Waals surface area contributed by atoms with Gasteiger partial charge in [-0.05, 0) is 65.2 Å². The fourth-order valence-corrected chi connectivity index (χ4v) is 4.19. The van der Waals surface area contributed by atoms with E-state index in [4.69, 9.17) is 11.6 Å². The highest BCUT2D eigenvalue weighted by molar-refractivity contribution is 6.30. The molecule has 0 aliphatic heterocycles. The first-order valence-electron chi connectivity index (χ1n) is 11.8. The second-order valence-electron chi connectivity index (χ2n) is 8.72. The highest BCUT2D eigenvalue weighted by atomic mass is 35.5. The van der Waals surface area contributed by atoms with Crippen molar-refractivity contribution in [2.45, 2.75) is 25.8 Å². The van der Waals surface area contributed by atoms with Crippen LogP contribution in [0.2, 0.25) is 5.02 Å². The highest BCUT2D eigenvalue weighted by Crippen LogP contribution is 2.20. The highest BCUT2D eigenvalue weighted by Gasteiger charge is 2.22. The third-order valence-electron chi connectivity index (χ3n) is 5.84. The molecule has 1 amide bonds. The Labute approximate surface area is 223 Å². The minimum atomic E-state index is -0.777. The number of hydrogen-bond acceptors (Lipinski definition) is 7. The number of benzene rings is 2. The molecule has 11 heteroatoms. The number of pyridine rings is 1. The molecule has 1 atom stereocenters. The van der Waals surface area contributed by atoms with Crippen molar-refractivity contribution in [1.29, 1.82) is 0 Å². The number of carbonyl (C=O) groups excluding carboxylic acids is 2. The van der Waals surface area contributed by atoms with Gasteiger partial charge in [-0.25, -0.2) is 9.50 Å². The molecule has 0 aliphatic carbocycles. The number of hydrogen-bond donors (Lipinski definition) is 1. The molecule has 1 N–H and O–H groups in total. The second-order valence-corrected chi connectivity index (χ2v) is 9.16. The standard InChI is InChI=1S/C27H23ClN8O2/c1-18-7-11-26-31-25(32-35(26)16-18)15-24(37)22(13-19-5-3-2-4-6-19)30-27(38)12-8-20-14-21(28)9-10-23(20)36-17-29-33-34-36/h2-12,14,16-17,22H,13,15H2,1H3,(H,30,38)/b12-8+/t22-/m0/s1. The number of rotatable bonds is 9. The number of tetrazole rings is 1. The summed E-state index contributed by atoms with van der Waals surface area (Å²) in [6.07, 6.45) is 6.58. The van der Waals surface area contributed by atoms with Crippen LogP contribution in [0.3, 0.4) is 0 Å². The zero-order chi connectivity index (χ0) is 26.5. The molecule has 0 saturated carbocycles. The van der Waals surface area contributed by atoms with Crippen LogP contribution in [0.15, 0.2) is 79.3 Å². The lowest BCUT2D eigenvalue weighted by Gasteiger charge is -2.16. The molecule has 0 spiro atoms. The van der Waals surface area contributed by atoms with Crippen LogP contribution in [-0.4, -0.2) is 52.5 Å². The van der Waals surface area contributed by atoms with E-state index in [1.807, 2.05) is 55.6 Å². The zero-order valence-electron chi connectivity index (χ0n) is 20.4. The molecule has 0 unspecified atom stereocenters. The van der Waals surface area contributed by atoms with Crippen LogP contribution in [0.25, 0.3) is 17.4 Å². The van der Waals surface area contributed by atoms with Gasteiger partial charge >= 0.3 is 0 Å². The SMILES string of the molecule is Cc1ccc2nc(CC(=O)[C@H](Cc3ccccc3)NC(=O)/C=C/c3cc(Cl)ccc3-n3cnnn3)nn2c1. The van der Waals surface area contributed by atoms with E-state index >= 15 is 0 Å². The summed E-state index contributed by atoms with van der Waals surface area (Å²) in [6, 6.07) is 17.7. The average molecular weight is 527 g/mol. The van der Waals surface area contributed by atoms with Gasteiger partial charge in [-0.15, -0.1) is 5.10 Å². The maximum Gasteiger partial charge on any atom is 0.244 e. The first-order valence-corrected chi connectivity index (χ1v) is 12.2. The molecular weight excluding hydrogens is 504 g/mol. The van der Waals surface area contributed by atoms with Crippen molar-refractivity contribution in [3.63, 3.8) is 0 Å². The molecule has 3 heterocycles. The molecule has 38 heavy (non-hydrogen) atoms. The molecule has 0 fully saturated rings. The zero-order valence-corrected chi connectivity index (χ0v) is 21.2. The predicted molar refractivity (Wildman–Crippen MR) is 142 cm³/mol. The largest absolute Gasteiger partial charge is 0.342 e. The van der Waals surface area contributed by atoms with Gasteiger partial charge in [0.2, 0.25) is 5.91 Å². The summed E-state index contributed by atoms with van der Waals surface area (Å²) in [4.78, 5) is 30.8. The van der Waals surface area contributed by atoms with Crippen molar-refractivity contribution in [3.8, 4) is 5.69 Å². The summed E-state index contributed by atoms with van der Waals surface area (Å²) < 4.78 is 3.12. The molecular formula is C27H23ClN8O2. The number of ketones is 1. The summed E-state index contributed by atoms with van der Waals surface area (Å²) in [5.74, 6) is -0.227. The van der Waals surface area contributed by atoms with E-state index in [9.17, 15) is 9.59 Å². The number of fused-ring (bicyclic) bond motifs is 1. The van der Waals surface area contributed by atoms with E-state index in [2.05, 4.69) is 30.9 Å². The molecule has 0 saturated heterocycles. The maximum absolute atomic E-state index is 13.4. The van der Waals surface area contributed by atoms with Crippen LogP contribution < -0.4 is 5.32 Å². The van der Waals surface area contributed by atoms with E-state index < -0.39 is 11.9 Å². The van der Waals surface area contributed by atoms with Crippen molar-refractivity contribution >= 4 is 35.0 Å². The molecule has 0 radical (unpaired) electrons.